The maximum absolute atomic E-state index is 6.14. The molecule has 0 aliphatic heterocycles. The molecule has 1 aromatic carbocycles. The van der Waals surface area contributed by atoms with E-state index in [0.717, 1.165) is 16.3 Å². The lowest BCUT2D eigenvalue weighted by atomic mass is 10.1. The molecule has 0 saturated heterocycles. The van der Waals surface area contributed by atoms with Crippen molar-refractivity contribution < 1.29 is 0 Å². The summed E-state index contributed by atoms with van der Waals surface area (Å²) in [7, 11) is 0. The number of thiazole rings is 1. The molecule has 3 nitrogen and oxygen atoms in total. The summed E-state index contributed by atoms with van der Waals surface area (Å²) in [4.78, 5) is 8.79. The highest BCUT2D eigenvalue weighted by Crippen LogP contribution is 2.33. The third kappa shape index (κ3) is 2.63. The molecule has 2 aromatic heterocycles. The van der Waals surface area contributed by atoms with Crippen molar-refractivity contribution in [3.05, 3.63) is 52.0 Å². The average molecular weight is 322 g/mol. The summed E-state index contributed by atoms with van der Waals surface area (Å²) >= 11 is 13.5. The van der Waals surface area contributed by atoms with E-state index in [4.69, 9.17) is 28.9 Å². The van der Waals surface area contributed by atoms with Gasteiger partial charge in [0.25, 0.3) is 0 Å². The van der Waals surface area contributed by atoms with Gasteiger partial charge in [-0.15, -0.1) is 11.3 Å². The van der Waals surface area contributed by atoms with Crippen molar-refractivity contribution in [1.29, 1.82) is 0 Å². The van der Waals surface area contributed by atoms with E-state index in [2.05, 4.69) is 9.97 Å². The smallest absolute Gasteiger partial charge is 0.144 e. The lowest BCUT2D eigenvalue weighted by Gasteiger charge is -2.00. The topological polar surface area (TPSA) is 51.8 Å². The normalized spacial score (nSPS) is 10.7. The Morgan fingerprint density at radius 2 is 2.00 bits per heavy atom. The summed E-state index contributed by atoms with van der Waals surface area (Å²) < 4.78 is 0. The molecule has 0 unspecified atom stereocenters. The fraction of sp³-hybridized carbons (Fsp3) is 0. The van der Waals surface area contributed by atoms with Crippen LogP contribution in [0.2, 0.25) is 10.0 Å². The summed E-state index contributed by atoms with van der Waals surface area (Å²) in [5, 5.41) is 3.71. The van der Waals surface area contributed by atoms with Gasteiger partial charge in [0.15, 0.2) is 0 Å². The molecule has 100 valence electrons. The van der Waals surface area contributed by atoms with E-state index in [1.807, 2.05) is 29.6 Å². The second-order valence-corrected chi connectivity index (χ2v) is 5.85. The monoisotopic (exact) mass is 321 g/mol. The van der Waals surface area contributed by atoms with Crippen LogP contribution in [0.5, 0.6) is 0 Å². The van der Waals surface area contributed by atoms with Gasteiger partial charge in [-0.3, -0.25) is 4.98 Å². The number of benzene rings is 1. The predicted molar refractivity (Wildman–Crippen MR) is 85.2 cm³/mol. The number of aromatic nitrogens is 2. The molecule has 0 spiro atoms. The summed E-state index contributed by atoms with van der Waals surface area (Å²) in [5.74, 6) is 0. The van der Waals surface area contributed by atoms with Crippen molar-refractivity contribution in [3.63, 3.8) is 0 Å². The number of halogens is 2. The third-order valence-corrected chi connectivity index (χ3v) is 4.04. The minimum Gasteiger partial charge on any atom is -0.399 e. The minimum absolute atomic E-state index is 0.492. The van der Waals surface area contributed by atoms with Crippen LogP contribution in [0, 0.1) is 0 Å². The maximum atomic E-state index is 6.14. The predicted octanol–water partition coefficient (Wildman–Crippen LogP) is 4.76. The van der Waals surface area contributed by atoms with Gasteiger partial charge >= 0.3 is 0 Å². The molecule has 0 fully saturated rings. The highest BCUT2D eigenvalue weighted by molar-refractivity contribution is 7.13. The summed E-state index contributed by atoms with van der Waals surface area (Å²) in [6.45, 7) is 0. The molecule has 3 rings (SSSR count). The largest absolute Gasteiger partial charge is 0.399 e. The van der Waals surface area contributed by atoms with Crippen molar-refractivity contribution in [2.45, 2.75) is 0 Å². The molecule has 2 N–H and O–H groups in total. The number of nitrogens with zero attached hydrogens (tertiary/aromatic N) is 2. The number of hydrogen-bond acceptors (Lipinski definition) is 4. The third-order valence-electron chi connectivity index (χ3n) is 2.70. The Labute approximate surface area is 130 Å². The lowest BCUT2D eigenvalue weighted by Crippen LogP contribution is -1.87. The number of pyridine rings is 1. The van der Waals surface area contributed by atoms with Gasteiger partial charge in [-0.1, -0.05) is 35.3 Å². The van der Waals surface area contributed by atoms with Gasteiger partial charge in [-0.05, 0) is 18.2 Å². The van der Waals surface area contributed by atoms with Gasteiger partial charge in [0, 0.05) is 22.8 Å². The minimum atomic E-state index is 0.492. The van der Waals surface area contributed by atoms with Crippen molar-refractivity contribution in [2.75, 3.05) is 5.73 Å². The molecule has 0 atom stereocenters. The zero-order valence-corrected chi connectivity index (χ0v) is 12.5. The number of nitrogen functional groups attached to an aromatic ring is 1. The first kappa shape index (κ1) is 13.4. The Bertz CT molecular complexity index is 771. The Morgan fingerprint density at radius 1 is 1.15 bits per heavy atom. The van der Waals surface area contributed by atoms with Gasteiger partial charge in [0.1, 0.15) is 10.7 Å². The van der Waals surface area contributed by atoms with E-state index in [-0.39, 0.29) is 0 Å². The Hall–Kier alpha value is -1.62. The molecule has 0 bridgehead atoms. The van der Waals surface area contributed by atoms with E-state index in [0.29, 0.717) is 21.4 Å². The molecule has 6 heteroatoms. The van der Waals surface area contributed by atoms with Gasteiger partial charge in [-0.2, -0.15) is 0 Å². The first-order valence-electron chi connectivity index (χ1n) is 5.76. The van der Waals surface area contributed by atoms with Crippen molar-refractivity contribution in [2.24, 2.45) is 0 Å². The van der Waals surface area contributed by atoms with Crippen LogP contribution < -0.4 is 5.73 Å². The molecular formula is C14H9Cl2N3S. The van der Waals surface area contributed by atoms with Crippen LogP contribution in [0.25, 0.3) is 22.0 Å². The molecule has 0 aliphatic carbocycles. The quantitative estimate of drug-likeness (QED) is 0.692. The molecule has 0 aliphatic rings. The second-order valence-electron chi connectivity index (χ2n) is 4.15. The lowest BCUT2D eigenvalue weighted by molar-refractivity contribution is 1.29. The van der Waals surface area contributed by atoms with E-state index >= 15 is 0 Å². The van der Waals surface area contributed by atoms with Crippen LogP contribution >= 0.6 is 34.5 Å². The first-order valence-corrected chi connectivity index (χ1v) is 7.40. The zero-order chi connectivity index (χ0) is 14.1. The van der Waals surface area contributed by atoms with Gasteiger partial charge < -0.3 is 5.73 Å². The van der Waals surface area contributed by atoms with E-state index in [9.17, 15) is 0 Å². The number of anilines is 1. The Balaban J connectivity index is 2.02. The number of hydrogen-bond donors (Lipinski definition) is 1. The van der Waals surface area contributed by atoms with Gasteiger partial charge in [0.05, 0.1) is 15.7 Å². The van der Waals surface area contributed by atoms with Gasteiger partial charge in [0.2, 0.25) is 0 Å². The molecule has 3 aromatic rings. The SMILES string of the molecule is Nc1cccc(-c2csc(-c3ncc(Cl)cc3Cl)n2)c1. The molecule has 0 amide bonds. The standard InChI is InChI=1S/C14H9Cl2N3S/c15-9-5-11(16)13(18-6-9)14-19-12(7-20-14)8-2-1-3-10(17)4-8/h1-7H,17H2. The number of rotatable bonds is 2. The van der Waals surface area contributed by atoms with Crippen molar-refractivity contribution >= 4 is 40.2 Å². The summed E-state index contributed by atoms with van der Waals surface area (Å²) in [6.07, 6.45) is 1.56. The van der Waals surface area contributed by atoms with E-state index in [1.54, 1.807) is 12.3 Å². The zero-order valence-electron chi connectivity index (χ0n) is 10.2. The summed E-state index contributed by atoms with van der Waals surface area (Å²) in [5.41, 5.74) is 8.95. The van der Waals surface area contributed by atoms with Gasteiger partial charge in [-0.25, -0.2) is 4.98 Å². The average Bonchev–Trinajstić information content (AvgIpc) is 2.88. The van der Waals surface area contributed by atoms with E-state index in [1.165, 1.54) is 11.3 Å². The first-order chi connectivity index (χ1) is 9.63. The van der Waals surface area contributed by atoms with Crippen molar-refractivity contribution in [3.8, 4) is 22.0 Å². The molecule has 0 saturated carbocycles. The molecule has 20 heavy (non-hydrogen) atoms. The van der Waals surface area contributed by atoms with Crippen LogP contribution in [0.15, 0.2) is 41.9 Å². The summed E-state index contributed by atoms with van der Waals surface area (Å²) in [6, 6.07) is 9.25. The maximum Gasteiger partial charge on any atom is 0.144 e. The van der Waals surface area contributed by atoms with Crippen LogP contribution in [-0.2, 0) is 0 Å². The molecular weight excluding hydrogens is 313 g/mol. The highest BCUT2D eigenvalue weighted by atomic mass is 35.5. The Morgan fingerprint density at radius 3 is 2.75 bits per heavy atom. The number of nitrogens with two attached hydrogens (primary N) is 1. The van der Waals surface area contributed by atoms with E-state index < -0.39 is 0 Å². The molecule has 0 radical (unpaired) electrons. The fourth-order valence-corrected chi connectivity index (χ4v) is 3.15. The van der Waals surface area contributed by atoms with Crippen LogP contribution in [-0.4, -0.2) is 9.97 Å². The highest BCUT2D eigenvalue weighted by Gasteiger charge is 2.11. The van der Waals surface area contributed by atoms with Crippen LogP contribution in [0.4, 0.5) is 5.69 Å². The second kappa shape index (κ2) is 5.40. The van der Waals surface area contributed by atoms with Crippen molar-refractivity contribution in [1.82, 2.24) is 9.97 Å². The Kier molecular flexibility index (Phi) is 3.61. The fourth-order valence-electron chi connectivity index (χ4n) is 1.79. The molecule has 2 heterocycles. The van der Waals surface area contributed by atoms with Crippen LogP contribution in [0.3, 0.4) is 0 Å². The van der Waals surface area contributed by atoms with Crippen LogP contribution in [0.1, 0.15) is 0 Å².